The van der Waals surface area contributed by atoms with E-state index in [-0.39, 0.29) is 36.9 Å². The highest BCUT2D eigenvalue weighted by atomic mass is 19.4. The maximum absolute atomic E-state index is 13.3. The quantitative estimate of drug-likeness (QED) is 0.911. The molecule has 1 aliphatic rings. The summed E-state index contributed by atoms with van der Waals surface area (Å²) in [6.45, 7) is 4.71. The minimum absolute atomic E-state index is 0.0362. The number of carbonyl (C=O) groups is 2. The second kappa shape index (κ2) is 6.82. The molecule has 1 aromatic heterocycles. The van der Waals surface area contributed by atoms with Crippen molar-refractivity contribution in [1.82, 2.24) is 15.4 Å². The molecule has 1 saturated heterocycles. The summed E-state index contributed by atoms with van der Waals surface area (Å²) in [5.41, 5.74) is -0.156. The van der Waals surface area contributed by atoms with Crippen molar-refractivity contribution in [2.24, 2.45) is 0 Å². The molecule has 6 nitrogen and oxygen atoms in total. The fraction of sp³-hybridized carbons (Fsp3) is 0.667. The smallest absolute Gasteiger partial charge is 0.360 e. The molecular weight excluding hydrogens is 327 g/mol. The first-order chi connectivity index (χ1) is 11.1. The number of halogens is 3. The first kappa shape index (κ1) is 18.3. The molecular formula is C15H20F3N3O3. The van der Waals surface area contributed by atoms with Gasteiger partial charge in [0.1, 0.15) is 11.8 Å². The maximum atomic E-state index is 13.3. The minimum atomic E-state index is -4.54. The van der Waals surface area contributed by atoms with Crippen molar-refractivity contribution in [2.45, 2.75) is 57.8 Å². The van der Waals surface area contributed by atoms with E-state index in [1.807, 2.05) is 13.8 Å². The Morgan fingerprint density at radius 3 is 2.54 bits per heavy atom. The molecule has 0 aliphatic carbocycles. The number of rotatable bonds is 3. The molecule has 0 saturated carbocycles. The van der Waals surface area contributed by atoms with Crippen LogP contribution in [0.1, 0.15) is 55.8 Å². The van der Waals surface area contributed by atoms with Gasteiger partial charge >= 0.3 is 6.18 Å². The van der Waals surface area contributed by atoms with Gasteiger partial charge in [-0.25, -0.2) is 0 Å². The number of amides is 2. The molecule has 0 bridgehead atoms. The summed E-state index contributed by atoms with van der Waals surface area (Å²) in [6.07, 6.45) is -4.65. The zero-order chi connectivity index (χ0) is 18.1. The molecule has 1 fully saturated rings. The molecule has 1 N–H and O–H groups in total. The second-order valence-corrected chi connectivity index (χ2v) is 6.26. The van der Waals surface area contributed by atoms with Crippen LogP contribution in [-0.4, -0.2) is 46.7 Å². The maximum Gasteiger partial charge on any atom is 0.408 e. The van der Waals surface area contributed by atoms with E-state index in [1.165, 1.54) is 13.0 Å². The Labute approximate surface area is 137 Å². The summed E-state index contributed by atoms with van der Waals surface area (Å²) < 4.78 is 44.8. The number of hydrogen-bond acceptors (Lipinski definition) is 4. The summed E-state index contributed by atoms with van der Waals surface area (Å²) in [5.74, 6) is -0.798. The molecule has 1 aliphatic heterocycles. The van der Waals surface area contributed by atoms with Gasteiger partial charge in [-0.2, -0.15) is 13.2 Å². The lowest BCUT2D eigenvalue weighted by Gasteiger charge is -2.40. The van der Waals surface area contributed by atoms with E-state index in [9.17, 15) is 22.8 Å². The second-order valence-electron chi connectivity index (χ2n) is 6.26. The van der Waals surface area contributed by atoms with Crippen molar-refractivity contribution in [1.29, 1.82) is 0 Å². The van der Waals surface area contributed by atoms with E-state index in [2.05, 4.69) is 10.5 Å². The van der Waals surface area contributed by atoms with Crippen molar-refractivity contribution in [3.8, 4) is 0 Å². The minimum Gasteiger partial charge on any atom is -0.360 e. The molecule has 1 aromatic rings. The van der Waals surface area contributed by atoms with Gasteiger partial charge < -0.3 is 14.7 Å². The van der Waals surface area contributed by atoms with Crippen LogP contribution in [0.4, 0.5) is 13.2 Å². The molecule has 134 valence electrons. The Bertz CT molecular complexity index is 613. The molecule has 24 heavy (non-hydrogen) atoms. The summed E-state index contributed by atoms with van der Waals surface area (Å²) in [7, 11) is 0. The van der Waals surface area contributed by atoms with E-state index in [0.717, 1.165) is 4.90 Å². The third kappa shape index (κ3) is 4.07. The van der Waals surface area contributed by atoms with E-state index >= 15 is 0 Å². The predicted molar refractivity (Wildman–Crippen MR) is 78.3 cm³/mol. The Morgan fingerprint density at radius 2 is 2.04 bits per heavy atom. The van der Waals surface area contributed by atoms with Crippen LogP contribution in [0.5, 0.6) is 0 Å². The van der Waals surface area contributed by atoms with E-state index in [1.54, 1.807) is 0 Å². The van der Waals surface area contributed by atoms with E-state index < -0.39 is 24.2 Å². The van der Waals surface area contributed by atoms with Crippen LogP contribution in [0.25, 0.3) is 0 Å². The molecule has 0 aromatic carbocycles. The van der Waals surface area contributed by atoms with Crippen LogP contribution in [0.3, 0.4) is 0 Å². The normalized spacial score (nSPS) is 21.9. The van der Waals surface area contributed by atoms with Gasteiger partial charge in [0.2, 0.25) is 5.91 Å². The predicted octanol–water partition coefficient (Wildman–Crippen LogP) is 2.47. The zero-order valence-electron chi connectivity index (χ0n) is 13.7. The fourth-order valence-corrected chi connectivity index (χ4v) is 2.75. The van der Waals surface area contributed by atoms with Gasteiger partial charge in [0.15, 0.2) is 5.69 Å². The van der Waals surface area contributed by atoms with Gasteiger partial charge in [-0.05, 0) is 12.8 Å². The number of hydrogen-bond donors (Lipinski definition) is 1. The highest BCUT2D eigenvalue weighted by Crippen LogP contribution is 2.33. The largest absolute Gasteiger partial charge is 0.408 e. The number of nitrogens with zero attached hydrogens (tertiary/aromatic N) is 2. The SMILES string of the molecule is CC(=O)N[C@H]1CC[C@H](C(F)(F)F)N(C(=O)c2cc(C(C)C)on2)C1. The number of nitrogens with one attached hydrogen (secondary N) is 1. The lowest BCUT2D eigenvalue weighted by Crippen LogP contribution is -2.58. The summed E-state index contributed by atoms with van der Waals surface area (Å²) >= 11 is 0. The lowest BCUT2D eigenvalue weighted by atomic mass is 9.97. The number of aromatic nitrogens is 1. The molecule has 0 radical (unpaired) electrons. The fourth-order valence-electron chi connectivity index (χ4n) is 2.75. The zero-order valence-corrected chi connectivity index (χ0v) is 13.7. The molecule has 2 amide bonds. The third-order valence-electron chi connectivity index (χ3n) is 3.94. The van der Waals surface area contributed by atoms with E-state index in [4.69, 9.17) is 4.52 Å². The standard InChI is InChI=1S/C15H20F3N3O3/c1-8(2)12-6-11(20-24-12)14(23)21-7-10(19-9(3)22)4-5-13(21)15(16,17)18/h6,8,10,13H,4-5,7H2,1-3H3,(H,19,22)/t10-,13+/m0/s1. The number of likely N-dealkylation sites (tertiary alicyclic amines) is 1. The summed E-state index contributed by atoms with van der Waals surface area (Å²) in [5, 5.41) is 6.16. The van der Waals surface area contributed by atoms with E-state index in [0.29, 0.717) is 5.76 Å². The van der Waals surface area contributed by atoms with Crippen molar-refractivity contribution in [3.05, 3.63) is 17.5 Å². The van der Waals surface area contributed by atoms with Gasteiger partial charge in [-0.3, -0.25) is 9.59 Å². The molecule has 0 spiro atoms. The van der Waals surface area contributed by atoms with Crippen LogP contribution in [-0.2, 0) is 4.79 Å². The van der Waals surface area contributed by atoms with Crippen LogP contribution >= 0.6 is 0 Å². The van der Waals surface area contributed by atoms with Gasteiger partial charge in [0, 0.05) is 31.5 Å². The Balaban J connectivity index is 2.24. The number of alkyl halides is 3. The Morgan fingerprint density at radius 1 is 1.38 bits per heavy atom. The van der Waals surface area contributed by atoms with Crippen molar-refractivity contribution >= 4 is 11.8 Å². The van der Waals surface area contributed by atoms with Gasteiger partial charge in [0.25, 0.3) is 5.91 Å². The van der Waals surface area contributed by atoms with Gasteiger partial charge in [-0.15, -0.1) is 0 Å². The van der Waals surface area contributed by atoms with Crippen molar-refractivity contribution in [3.63, 3.8) is 0 Å². The van der Waals surface area contributed by atoms with Gasteiger partial charge in [-0.1, -0.05) is 19.0 Å². The Hall–Kier alpha value is -2.06. The van der Waals surface area contributed by atoms with Crippen LogP contribution in [0.2, 0.25) is 0 Å². The average Bonchev–Trinajstić information content (AvgIpc) is 2.94. The topological polar surface area (TPSA) is 75.4 Å². The molecule has 9 heteroatoms. The van der Waals surface area contributed by atoms with Crippen LogP contribution in [0, 0.1) is 0 Å². The van der Waals surface area contributed by atoms with Crippen molar-refractivity contribution < 1.29 is 27.3 Å². The summed E-state index contributed by atoms with van der Waals surface area (Å²) in [6, 6.07) is -1.04. The highest BCUT2D eigenvalue weighted by molar-refractivity contribution is 5.92. The first-order valence-electron chi connectivity index (χ1n) is 7.71. The van der Waals surface area contributed by atoms with Gasteiger partial charge in [0.05, 0.1) is 0 Å². The third-order valence-corrected chi connectivity index (χ3v) is 3.94. The molecule has 0 unspecified atom stereocenters. The first-order valence-corrected chi connectivity index (χ1v) is 7.71. The molecule has 2 atom stereocenters. The average molecular weight is 347 g/mol. The van der Waals surface area contributed by atoms with Crippen LogP contribution in [0.15, 0.2) is 10.6 Å². The summed E-state index contributed by atoms with van der Waals surface area (Å²) in [4.78, 5) is 24.4. The lowest BCUT2D eigenvalue weighted by molar-refractivity contribution is -0.184. The number of piperidine rings is 1. The molecule has 2 heterocycles. The van der Waals surface area contributed by atoms with Crippen molar-refractivity contribution in [2.75, 3.05) is 6.54 Å². The Kier molecular flexibility index (Phi) is 5.19. The highest BCUT2D eigenvalue weighted by Gasteiger charge is 2.48. The monoisotopic (exact) mass is 347 g/mol. The molecule has 2 rings (SSSR count). The van der Waals surface area contributed by atoms with Crippen LogP contribution < -0.4 is 5.32 Å². The number of carbonyl (C=O) groups excluding carboxylic acids is 2.